The van der Waals surface area contributed by atoms with Crippen LogP contribution in [0, 0.1) is 4.77 Å². The van der Waals surface area contributed by atoms with Crippen LogP contribution in [0.3, 0.4) is 0 Å². The molecule has 0 aliphatic heterocycles. The van der Waals surface area contributed by atoms with Crippen molar-refractivity contribution in [1.29, 1.82) is 0 Å². The van der Waals surface area contributed by atoms with Crippen LogP contribution in [0.1, 0.15) is 16.1 Å². The summed E-state index contributed by atoms with van der Waals surface area (Å²) < 4.78 is 12.8. The van der Waals surface area contributed by atoms with Gasteiger partial charge in [0, 0.05) is 20.3 Å². The van der Waals surface area contributed by atoms with Crippen molar-refractivity contribution in [1.82, 2.24) is 14.1 Å². The first kappa shape index (κ1) is 19.4. The Morgan fingerprint density at radius 1 is 1.29 bits per heavy atom. The molecule has 3 aromatic rings. The Morgan fingerprint density at radius 2 is 2.00 bits per heavy atom. The Balaban J connectivity index is 2.30. The number of nitrogens with zero attached hydrogens (tertiary/aromatic N) is 3. The molecule has 0 atom stereocenters. The monoisotopic (exact) mass is 402 g/mol. The van der Waals surface area contributed by atoms with E-state index in [-0.39, 0.29) is 27.6 Å². The number of aliphatic imine (C=N–C) groups is 1. The molecule has 1 aromatic carbocycles. The number of aromatic nitrogens is 3. The number of esters is 1. The number of fused-ring (bicyclic) bond motifs is 1. The Morgan fingerprint density at radius 3 is 2.64 bits per heavy atom. The summed E-state index contributed by atoms with van der Waals surface area (Å²) in [6.07, 6.45) is 1.19. The number of H-pyrrole nitrogens is 1. The number of ether oxygens (including phenoxy) is 2. The summed E-state index contributed by atoms with van der Waals surface area (Å²) in [7, 11) is 5.78. The predicted octanol–water partition coefficient (Wildman–Crippen LogP) is 2.19. The van der Waals surface area contributed by atoms with Gasteiger partial charge in [-0.15, -0.1) is 0 Å². The molecule has 0 saturated heterocycles. The van der Waals surface area contributed by atoms with Gasteiger partial charge in [0.25, 0.3) is 5.56 Å². The summed E-state index contributed by atoms with van der Waals surface area (Å²) in [5.74, 6) is -0.475. The van der Waals surface area contributed by atoms with Crippen molar-refractivity contribution < 1.29 is 19.4 Å². The fourth-order valence-electron chi connectivity index (χ4n) is 2.85. The lowest BCUT2D eigenvalue weighted by atomic mass is 10.2. The van der Waals surface area contributed by atoms with Crippen LogP contribution < -0.4 is 10.3 Å². The third-order valence-corrected chi connectivity index (χ3v) is 4.91. The molecule has 0 saturated carbocycles. The average molecular weight is 402 g/mol. The van der Waals surface area contributed by atoms with E-state index in [0.29, 0.717) is 16.7 Å². The van der Waals surface area contributed by atoms with Gasteiger partial charge < -0.3 is 19.6 Å². The zero-order valence-electron chi connectivity index (χ0n) is 15.6. The zero-order valence-corrected chi connectivity index (χ0v) is 16.5. The number of hydrogen-bond acceptors (Lipinski definition) is 7. The predicted molar refractivity (Wildman–Crippen MR) is 107 cm³/mol. The summed E-state index contributed by atoms with van der Waals surface area (Å²) in [4.78, 5) is 32.0. The van der Waals surface area contributed by atoms with Crippen molar-refractivity contribution in [2.24, 2.45) is 19.1 Å². The van der Waals surface area contributed by atoms with Gasteiger partial charge in [-0.3, -0.25) is 18.9 Å². The van der Waals surface area contributed by atoms with Crippen LogP contribution in [0.2, 0.25) is 0 Å². The lowest BCUT2D eigenvalue weighted by molar-refractivity contribution is 0.0596. The second-order valence-corrected chi connectivity index (χ2v) is 6.29. The maximum absolute atomic E-state index is 12.5. The summed E-state index contributed by atoms with van der Waals surface area (Å²) >= 11 is 5.10. The maximum Gasteiger partial charge on any atom is 0.356 e. The Bertz CT molecular complexity index is 1240. The summed E-state index contributed by atoms with van der Waals surface area (Å²) in [5, 5.41) is 10.9. The molecule has 0 aliphatic rings. The summed E-state index contributed by atoms with van der Waals surface area (Å²) in [6, 6.07) is 5.24. The summed E-state index contributed by atoms with van der Waals surface area (Å²) in [6.45, 7) is 0. The molecule has 0 aliphatic carbocycles. The molecule has 0 fully saturated rings. The topological polar surface area (TPSA) is 111 Å². The third-order valence-electron chi connectivity index (χ3n) is 4.36. The fourth-order valence-corrected chi connectivity index (χ4v) is 3.02. The molecule has 0 unspecified atom stereocenters. The molecule has 0 amide bonds. The van der Waals surface area contributed by atoms with Crippen molar-refractivity contribution in [3.05, 3.63) is 44.6 Å². The van der Waals surface area contributed by atoms with Gasteiger partial charge >= 0.3 is 5.97 Å². The van der Waals surface area contributed by atoms with E-state index >= 15 is 0 Å². The third kappa shape index (κ3) is 2.97. The molecule has 3 rings (SSSR count). The standard InChI is InChI=1S/C18H18N4O5S/c1-21-15(23)9(16(24)22(2)18(21)28)8-19-13-12-10(6-5-7-11(12)26-3)20-14(13)17(25)27-4/h5-8,20,23H,1-4H3. The molecule has 2 heterocycles. The molecular formula is C18H18N4O5S. The molecule has 0 spiro atoms. The van der Waals surface area contributed by atoms with E-state index in [2.05, 4.69) is 9.98 Å². The summed E-state index contributed by atoms with van der Waals surface area (Å²) in [5.41, 5.74) is 0.342. The average Bonchev–Trinajstić information content (AvgIpc) is 3.09. The number of benzene rings is 1. The first-order chi connectivity index (χ1) is 13.3. The van der Waals surface area contributed by atoms with Crippen molar-refractivity contribution in [3.63, 3.8) is 0 Å². The van der Waals surface area contributed by atoms with Gasteiger partial charge in [-0.2, -0.15) is 0 Å². The SMILES string of the molecule is COC(=O)c1[nH]c2cccc(OC)c2c1N=Cc1c(O)n(C)c(=S)n(C)c1=O. The second-order valence-electron chi connectivity index (χ2n) is 5.92. The maximum atomic E-state index is 12.5. The minimum atomic E-state index is -0.631. The van der Waals surface area contributed by atoms with Gasteiger partial charge in [0.15, 0.2) is 10.5 Å². The van der Waals surface area contributed by atoms with Crippen LogP contribution in [0.5, 0.6) is 11.6 Å². The molecule has 2 N–H and O–H groups in total. The highest BCUT2D eigenvalue weighted by molar-refractivity contribution is 7.71. The largest absolute Gasteiger partial charge is 0.496 e. The smallest absolute Gasteiger partial charge is 0.356 e. The number of carbonyl (C=O) groups excluding carboxylic acids is 1. The Hall–Kier alpha value is -3.40. The number of nitrogens with one attached hydrogen (secondary N) is 1. The van der Waals surface area contributed by atoms with E-state index in [4.69, 9.17) is 21.7 Å². The highest BCUT2D eigenvalue weighted by Gasteiger charge is 2.21. The molecule has 9 nitrogen and oxygen atoms in total. The van der Waals surface area contributed by atoms with E-state index in [1.807, 2.05) is 0 Å². The highest BCUT2D eigenvalue weighted by atomic mass is 32.1. The second kappa shape index (κ2) is 7.31. The van der Waals surface area contributed by atoms with Gasteiger partial charge in [0.05, 0.1) is 25.1 Å². The minimum Gasteiger partial charge on any atom is -0.496 e. The number of methoxy groups -OCH3 is 2. The van der Waals surface area contributed by atoms with Gasteiger partial charge in [-0.25, -0.2) is 4.79 Å². The van der Waals surface area contributed by atoms with Crippen molar-refractivity contribution in [2.75, 3.05) is 14.2 Å². The van der Waals surface area contributed by atoms with Crippen LogP contribution in [0.15, 0.2) is 28.0 Å². The van der Waals surface area contributed by atoms with Crippen LogP contribution in [-0.4, -0.2) is 45.6 Å². The molecular weight excluding hydrogens is 384 g/mol. The first-order valence-corrected chi connectivity index (χ1v) is 8.52. The van der Waals surface area contributed by atoms with E-state index in [9.17, 15) is 14.7 Å². The van der Waals surface area contributed by atoms with Crippen molar-refractivity contribution in [3.8, 4) is 11.6 Å². The lowest BCUT2D eigenvalue weighted by Crippen LogP contribution is -2.25. The molecule has 28 heavy (non-hydrogen) atoms. The first-order valence-electron chi connectivity index (χ1n) is 8.11. The lowest BCUT2D eigenvalue weighted by Gasteiger charge is -2.09. The number of aromatic amines is 1. The molecule has 0 bridgehead atoms. The van der Waals surface area contributed by atoms with E-state index in [1.54, 1.807) is 18.2 Å². The molecule has 146 valence electrons. The van der Waals surface area contributed by atoms with E-state index in [0.717, 1.165) is 0 Å². The van der Waals surface area contributed by atoms with Crippen LogP contribution in [0.4, 0.5) is 5.69 Å². The molecule has 10 heteroatoms. The minimum absolute atomic E-state index is 0.0707. The number of aromatic hydroxyl groups is 1. The zero-order chi connectivity index (χ0) is 20.6. The van der Waals surface area contributed by atoms with Gasteiger partial charge in [-0.1, -0.05) is 6.07 Å². The van der Waals surface area contributed by atoms with Gasteiger partial charge in [-0.05, 0) is 24.4 Å². The van der Waals surface area contributed by atoms with Gasteiger partial charge in [0.2, 0.25) is 5.88 Å². The van der Waals surface area contributed by atoms with E-state index in [1.165, 1.54) is 43.7 Å². The van der Waals surface area contributed by atoms with Crippen molar-refractivity contribution in [2.45, 2.75) is 0 Å². The van der Waals surface area contributed by atoms with Crippen LogP contribution in [0.25, 0.3) is 10.9 Å². The van der Waals surface area contributed by atoms with Crippen molar-refractivity contribution >= 4 is 41.0 Å². The van der Waals surface area contributed by atoms with E-state index < -0.39 is 11.5 Å². The fraction of sp³-hybridized carbons (Fsp3) is 0.222. The Labute approximate surface area is 164 Å². The number of hydrogen-bond donors (Lipinski definition) is 2. The molecule has 0 radical (unpaired) electrons. The number of rotatable bonds is 4. The number of carbonyl (C=O) groups is 1. The highest BCUT2D eigenvalue weighted by Crippen LogP contribution is 2.37. The van der Waals surface area contributed by atoms with Gasteiger partial charge in [0.1, 0.15) is 17.0 Å². The van der Waals surface area contributed by atoms with Crippen LogP contribution in [-0.2, 0) is 18.8 Å². The molecule has 2 aromatic heterocycles. The normalized spacial score (nSPS) is 11.3. The quantitative estimate of drug-likeness (QED) is 0.393. The Kier molecular flexibility index (Phi) is 5.06. The van der Waals surface area contributed by atoms with Crippen LogP contribution >= 0.6 is 12.2 Å².